The molecule has 0 atom stereocenters. The van der Waals surface area contributed by atoms with E-state index in [4.69, 9.17) is 4.74 Å². The van der Waals surface area contributed by atoms with Gasteiger partial charge in [0.25, 0.3) is 5.69 Å². The van der Waals surface area contributed by atoms with Gasteiger partial charge in [-0.15, -0.1) is 12.4 Å². The molecule has 0 saturated heterocycles. The molecule has 0 aliphatic carbocycles. The quantitative estimate of drug-likeness (QED) is 0.361. The lowest BCUT2D eigenvalue weighted by molar-refractivity contribution is -0.384. The third kappa shape index (κ3) is 4.03. The van der Waals surface area contributed by atoms with E-state index in [1.807, 2.05) is 6.92 Å². The molecule has 0 amide bonds. The Hall–Kier alpha value is -1.62. The summed E-state index contributed by atoms with van der Waals surface area (Å²) in [5, 5.41) is 10.6. The monoisotopic (exact) mass is 259 g/mol. The summed E-state index contributed by atoms with van der Waals surface area (Å²) in [6.07, 6.45) is 0.855. The van der Waals surface area contributed by atoms with Gasteiger partial charge in [-0.2, -0.15) is 0 Å². The second-order valence-corrected chi connectivity index (χ2v) is 3.23. The van der Waals surface area contributed by atoms with Crippen molar-refractivity contribution in [1.29, 1.82) is 0 Å². The molecule has 0 fully saturated rings. The van der Waals surface area contributed by atoms with Gasteiger partial charge in [0.05, 0.1) is 4.92 Å². The number of carbonyl (C=O) groups is 1. The van der Waals surface area contributed by atoms with E-state index < -0.39 is 4.92 Å². The van der Waals surface area contributed by atoms with Crippen molar-refractivity contribution >= 4 is 24.1 Å². The van der Waals surface area contributed by atoms with E-state index in [0.717, 1.165) is 0 Å². The van der Waals surface area contributed by atoms with E-state index in [2.05, 4.69) is 0 Å². The summed E-state index contributed by atoms with van der Waals surface area (Å²) < 4.78 is 5.06. The Bertz CT molecular complexity index is 420. The first-order valence-electron chi connectivity index (χ1n) is 5.06. The van der Waals surface area contributed by atoms with Crippen molar-refractivity contribution in [2.45, 2.75) is 26.7 Å². The van der Waals surface area contributed by atoms with Crippen LogP contribution in [0.25, 0.3) is 0 Å². The lowest BCUT2D eigenvalue weighted by atomic mass is 10.1. The third-order valence-corrected chi connectivity index (χ3v) is 2.15. The molecule has 1 rings (SSSR count). The van der Waals surface area contributed by atoms with Gasteiger partial charge in [-0.1, -0.05) is 13.8 Å². The third-order valence-electron chi connectivity index (χ3n) is 2.15. The molecule has 0 saturated carbocycles. The molecular formula is C11H14ClNO4. The zero-order valence-corrected chi connectivity index (χ0v) is 10.5. The number of hydrogen-bond acceptors (Lipinski definition) is 4. The van der Waals surface area contributed by atoms with Gasteiger partial charge in [0.1, 0.15) is 5.75 Å². The molecule has 6 heteroatoms. The number of nitrogens with zero attached hydrogens (tertiary/aromatic N) is 1. The van der Waals surface area contributed by atoms with Crippen LogP contribution < -0.4 is 4.74 Å². The Labute approximate surface area is 105 Å². The number of halogens is 1. The van der Waals surface area contributed by atoms with E-state index in [9.17, 15) is 14.9 Å². The van der Waals surface area contributed by atoms with E-state index in [-0.39, 0.29) is 30.5 Å². The van der Waals surface area contributed by atoms with Crippen LogP contribution >= 0.6 is 12.4 Å². The molecule has 0 aliphatic rings. The average Bonchev–Trinajstić information content (AvgIpc) is 2.29. The van der Waals surface area contributed by atoms with E-state index in [1.54, 1.807) is 6.92 Å². The van der Waals surface area contributed by atoms with Crippen molar-refractivity contribution in [3.8, 4) is 5.75 Å². The molecule has 0 radical (unpaired) electrons. The second kappa shape index (κ2) is 6.85. The standard InChI is InChI=1S/C11H13NO4.ClH/c1-3-8-7-9(12(14)15)5-6-10(8)16-11(13)4-2;/h5-7H,3-4H2,1-2H3;1H. The fourth-order valence-electron chi connectivity index (χ4n) is 1.25. The first kappa shape index (κ1) is 15.4. The topological polar surface area (TPSA) is 69.4 Å². The van der Waals surface area contributed by atoms with E-state index >= 15 is 0 Å². The number of benzene rings is 1. The summed E-state index contributed by atoms with van der Waals surface area (Å²) in [5.74, 6) is 0.0588. The molecule has 0 spiro atoms. The molecule has 0 heterocycles. The number of rotatable bonds is 4. The highest BCUT2D eigenvalue weighted by atomic mass is 35.5. The number of non-ortho nitro benzene ring substituents is 1. The number of nitro groups is 1. The Morgan fingerprint density at radius 2 is 2.06 bits per heavy atom. The Morgan fingerprint density at radius 1 is 1.41 bits per heavy atom. The minimum Gasteiger partial charge on any atom is -0.426 e. The predicted molar refractivity (Wildman–Crippen MR) is 65.6 cm³/mol. The Kier molecular flexibility index (Phi) is 6.20. The number of hydrogen-bond donors (Lipinski definition) is 0. The molecular weight excluding hydrogens is 246 g/mol. The zero-order chi connectivity index (χ0) is 12.1. The first-order valence-corrected chi connectivity index (χ1v) is 5.06. The first-order chi connectivity index (χ1) is 7.58. The summed E-state index contributed by atoms with van der Waals surface area (Å²) in [7, 11) is 0. The zero-order valence-electron chi connectivity index (χ0n) is 9.63. The average molecular weight is 260 g/mol. The SMILES string of the molecule is CCC(=O)Oc1ccc([N+](=O)[O-])cc1CC.Cl. The van der Waals surface area contributed by atoms with Crippen molar-refractivity contribution in [3.63, 3.8) is 0 Å². The van der Waals surface area contributed by atoms with Gasteiger partial charge in [0.2, 0.25) is 0 Å². The molecule has 0 aliphatic heterocycles. The van der Waals surface area contributed by atoms with Crippen LogP contribution in [0.1, 0.15) is 25.8 Å². The second-order valence-electron chi connectivity index (χ2n) is 3.23. The van der Waals surface area contributed by atoms with Crippen molar-refractivity contribution < 1.29 is 14.5 Å². The van der Waals surface area contributed by atoms with Gasteiger partial charge in [0.15, 0.2) is 0 Å². The molecule has 1 aromatic carbocycles. The molecule has 1 aromatic rings. The van der Waals surface area contributed by atoms with Crippen LogP contribution in [0.5, 0.6) is 5.75 Å². The van der Waals surface area contributed by atoms with E-state index in [1.165, 1.54) is 18.2 Å². The van der Waals surface area contributed by atoms with E-state index in [0.29, 0.717) is 17.7 Å². The summed E-state index contributed by atoms with van der Waals surface area (Å²) in [4.78, 5) is 21.2. The molecule has 94 valence electrons. The summed E-state index contributed by atoms with van der Waals surface area (Å²) >= 11 is 0. The van der Waals surface area contributed by atoms with Crippen LogP contribution in [0.4, 0.5) is 5.69 Å². The summed E-state index contributed by atoms with van der Waals surface area (Å²) in [6, 6.07) is 4.22. The van der Waals surface area contributed by atoms with Crippen molar-refractivity contribution in [3.05, 3.63) is 33.9 Å². The number of nitro benzene ring substituents is 1. The number of esters is 1. The van der Waals surface area contributed by atoms with Crippen molar-refractivity contribution in [1.82, 2.24) is 0 Å². The van der Waals surface area contributed by atoms with Gasteiger partial charge in [-0.25, -0.2) is 0 Å². The Morgan fingerprint density at radius 3 is 2.53 bits per heavy atom. The largest absolute Gasteiger partial charge is 0.426 e. The fourth-order valence-corrected chi connectivity index (χ4v) is 1.25. The maximum absolute atomic E-state index is 11.1. The van der Waals surface area contributed by atoms with Crippen molar-refractivity contribution in [2.75, 3.05) is 0 Å². The molecule has 0 N–H and O–H groups in total. The van der Waals surface area contributed by atoms with Gasteiger partial charge in [-0.05, 0) is 12.5 Å². The van der Waals surface area contributed by atoms with Crippen LogP contribution in [-0.2, 0) is 11.2 Å². The molecule has 17 heavy (non-hydrogen) atoms. The highest BCUT2D eigenvalue weighted by Crippen LogP contribution is 2.24. The highest BCUT2D eigenvalue weighted by molar-refractivity contribution is 5.85. The normalized spacial score (nSPS) is 9.29. The lowest BCUT2D eigenvalue weighted by Gasteiger charge is -2.07. The molecule has 5 nitrogen and oxygen atoms in total. The molecule has 0 aromatic heterocycles. The molecule has 0 unspecified atom stereocenters. The minimum absolute atomic E-state index is 0. The van der Waals surface area contributed by atoms with Crippen LogP contribution in [0, 0.1) is 10.1 Å². The number of aryl methyl sites for hydroxylation is 1. The smallest absolute Gasteiger partial charge is 0.310 e. The van der Waals surface area contributed by atoms with Gasteiger partial charge in [-0.3, -0.25) is 14.9 Å². The maximum atomic E-state index is 11.1. The fraction of sp³-hybridized carbons (Fsp3) is 0.364. The van der Waals surface area contributed by atoms with Crippen LogP contribution in [0.15, 0.2) is 18.2 Å². The van der Waals surface area contributed by atoms with Gasteiger partial charge >= 0.3 is 5.97 Å². The van der Waals surface area contributed by atoms with Crippen LogP contribution in [0.2, 0.25) is 0 Å². The predicted octanol–water partition coefficient (Wildman–Crippen LogP) is 2.89. The summed E-state index contributed by atoms with van der Waals surface area (Å²) in [6.45, 7) is 3.54. The van der Waals surface area contributed by atoms with Gasteiger partial charge in [0, 0.05) is 24.1 Å². The van der Waals surface area contributed by atoms with Crippen molar-refractivity contribution in [2.24, 2.45) is 0 Å². The minimum atomic E-state index is -0.468. The van der Waals surface area contributed by atoms with Crippen LogP contribution in [0.3, 0.4) is 0 Å². The van der Waals surface area contributed by atoms with Crippen LogP contribution in [-0.4, -0.2) is 10.9 Å². The summed E-state index contributed by atoms with van der Waals surface area (Å²) in [5.41, 5.74) is 0.671. The highest BCUT2D eigenvalue weighted by Gasteiger charge is 2.12. The number of carbonyl (C=O) groups excluding carboxylic acids is 1. The lowest BCUT2D eigenvalue weighted by Crippen LogP contribution is -2.07. The Balaban J connectivity index is 0.00000256. The number of ether oxygens (including phenoxy) is 1. The maximum Gasteiger partial charge on any atom is 0.310 e. The molecule has 0 bridgehead atoms. The van der Waals surface area contributed by atoms with Gasteiger partial charge < -0.3 is 4.74 Å².